The Labute approximate surface area is 147 Å². The molecule has 0 spiro atoms. The summed E-state index contributed by atoms with van der Waals surface area (Å²) >= 11 is 13.5. The van der Waals surface area contributed by atoms with Gasteiger partial charge >= 0.3 is 0 Å². The number of aryl methyl sites for hydroxylation is 1. The van der Waals surface area contributed by atoms with Gasteiger partial charge in [-0.2, -0.15) is 0 Å². The van der Waals surface area contributed by atoms with Gasteiger partial charge in [0.2, 0.25) is 0 Å². The molecule has 0 atom stereocenters. The molecule has 1 N–H and O–H groups in total. The van der Waals surface area contributed by atoms with Crippen LogP contribution in [-0.2, 0) is 4.79 Å². The van der Waals surface area contributed by atoms with Crippen molar-refractivity contribution in [3.05, 3.63) is 52.0 Å². The quantitative estimate of drug-likeness (QED) is 0.712. The molecule has 2 aromatic carbocycles. The molecule has 0 saturated carbocycles. The van der Waals surface area contributed by atoms with Gasteiger partial charge in [-0.3, -0.25) is 10.1 Å². The van der Waals surface area contributed by atoms with E-state index in [0.717, 1.165) is 10.3 Å². The normalized spacial score (nSPS) is 10.7. The van der Waals surface area contributed by atoms with Gasteiger partial charge in [0.05, 0.1) is 14.7 Å². The van der Waals surface area contributed by atoms with Gasteiger partial charge in [-0.15, -0.1) is 0 Å². The molecule has 0 aliphatic carbocycles. The smallest absolute Gasteiger partial charge is 0.264 e. The molecule has 3 rings (SSSR count). The van der Waals surface area contributed by atoms with Crippen LogP contribution in [0.2, 0.25) is 10.0 Å². The summed E-state index contributed by atoms with van der Waals surface area (Å²) in [5, 5.41) is 4.19. The van der Waals surface area contributed by atoms with Crippen molar-refractivity contribution in [2.75, 3.05) is 11.9 Å². The molecule has 0 saturated heterocycles. The summed E-state index contributed by atoms with van der Waals surface area (Å²) in [5.41, 5.74) is 1.55. The van der Waals surface area contributed by atoms with Crippen LogP contribution in [0.3, 0.4) is 0 Å². The zero-order chi connectivity index (χ0) is 16.4. The number of anilines is 1. The fourth-order valence-electron chi connectivity index (χ4n) is 2.02. The predicted octanol–water partition coefficient (Wildman–Crippen LogP) is 4.93. The second-order valence-electron chi connectivity index (χ2n) is 4.83. The van der Waals surface area contributed by atoms with Gasteiger partial charge < -0.3 is 4.74 Å². The Balaban J connectivity index is 1.70. The molecule has 0 aliphatic rings. The van der Waals surface area contributed by atoms with Crippen molar-refractivity contribution in [1.82, 2.24) is 4.98 Å². The van der Waals surface area contributed by atoms with Crippen LogP contribution >= 0.6 is 34.5 Å². The lowest BCUT2D eigenvalue weighted by atomic mass is 10.2. The van der Waals surface area contributed by atoms with E-state index in [-0.39, 0.29) is 12.5 Å². The zero-order valence-corrected chi connectivity index (χ0v) is 14.4. The molecule has 0 bridgehead atoms. The Hall–Kier alpha value is -1.82. The van der Waals surface area contributed by atoms with Crippen LogP contribution in [0.15, 0.2) is 36.4 Å². The number of hydrogen-bond donors (Lipinski definition) is 1. The molecule has 1 aromatic heterocycles. The summed E-state index contributed by atoms with van der Waals surface area (Å²) in [4.78, 5) is 16.3. The lowest BCUT2D eigenvalue weighted by molar-refractivity contribution is -0.118. The van der Waals surface area contributed by atoms with Crippen molar-refractivity contribution < 1.29 is 9.53 Å². The fraction of sp³-hybridized carbons (Fsp3) is 0.125. The molecule has 118 valence electrons. The standard InChI is InChI=1S/C16H12Cl2N2O2S/c1-9-4-2-3-5-12(9)22-8-13(21)19-16-20-14-10(17)6-7-11(18)15(14)23-16/h2-7H,8H2,1H3,(H,19,20,21). The summed E-state index contributed by atoms with van der Waals surface area (Å²) in [6, 6.07) is 10.9. The molecule has 7 heteroatoms. The highest BCUT2D eigenvalue weighted by molar-refractivity contribution is 7.23. The SMILES string of the molecule is Cc1ccccc1OCC(=O)Nc1nc2c(Cl)ccc(Cl)c2s1. The fourth-order valence-corrected chi connectivity index (χ4v) is 3.45. The highest BCUT2D eigenvalue weighted by atomic mass is 35.5. The minimum absolute atomic E-state index is 0.0950. The Morgan fingerprint density at radius 2 is 1.96 bits per heavy atom. The topological polar surface area (TPSA) is 51.2 Å². The number of benzene rings is 2. The molecule has 1 heterocycles. The van der Waals surface area contributed by atoms with Gasteiger partial charge in [-0.25, -0.2) is 4.98 Å². The predicted molar refractivity (Wildman–Crippen MR) is 94.9 cm³/mol. The minimum atomic E-state index is -0.292. The Morgan fingerprint density at radius 3 is 2.70 bits per heavy atom. The highest BCUT2D eigenvalue weighted by Crippen LogP contribution is 2.35. The van der Waals surface area contributed by atoms with Crippen LogP contribution in [0.25, 0.3) is 10.2 Å². The highest BCUT2D eigenvalue weighted by Gasteiger charge is 2.13. The van der Waals surface area contributed by atoms with E-state index in [2.05, 4.69) is 10.3 Å². The maximum absolute atomic E-state index is 12.0. The molecule has 3 aromatic rings. The minimum Gasteiger partial charge on any atom is -0.483 e. The Morgan fingerprint density at radius 1 is 1.22 bits per heavy atom. The Bertz CT molecular complexity index is 841. The maximum atomic E-state index is 12.0. The molecular formula is C16H12Cl2N2O2S. The van der Waals surface area contributed by atoms with E-state index in [1.54, 1.807) is 12.1 Å². The van der Waals surface area contributed by atoms with Gasteiger partial charge in [0.1, 0.15) is 11.3 Å². The zero-order valence-electron chi connectivity index (χ0n) is 12.1. The van der Waals surface area contributed by atoms with Crippen LogP contribution in [0.5, 0.6) is 5.75 Å². The number of nitrogens with one attached hydrogen (secondary N) is 1. The van der Waals surface area contributed by atoms with Crippen molar-refractivity contribution in [2.24, 2.45) is 0 Å². The maximum Gasteiger partial charge on any atom is 0.264 e. The van der Waals surface area contributed by atoms with Crippen LogP contribution in [0.4, 0.5) is 5.13 Å². The van der Waals surface area contributed by atoms with Crippen molar-refractivity contribution in [3.63, 3.8) is 0 Å². The number of amides is 1. The van der Waals surface area contributed by atoms with Crippen molar-refractivity contribution in [1.29, 1.82) is 0 Å². The first kappa shape index (κ1) is 16.1. The molecule has 0 aliphatic heterocycles. The molecular weight excluding hydrogens is 355 g/mol. The average Bonchev–Trinajstić information content (AvgIpc) is 2.95. The second kappa shape index (κ2) is 6.74. The number of ether oxygens (including phenoxy) is 1. The van der Waals surface area contributed by atoms with E-state index < -0.39 is 0 Å². The van der Waals surface area contributed by atoms with E-state index in [0.29, 0.717) is 26.4 Å². The van der Waals surface area contributed by atoms with E-state index in [1.807, 2.05) is 31.2 Å². The molecule has 1 amide bonds. The number of fused-ring (bicyclic) bond motifs is 1. The van der Waals surface area contributed by atoms with E-state index in [4.69, 9.17) is 27.9 Å². The van der Waals surface area contributed by atoms with Gasteiger partial charge in [0.25, 0.3) is 5.91 Å². The molecule has 0 radical (unpaired) electrons. The number of aromatic nitrogens is 1. The van der Waals surface area contributed by atoms with Crippen molar-refractivity contribution >= 4 is 55.8 Å². The summed E-state index contributed by atoms with van der Waals surface area (Å²) in [7, 11) is 0. The summed E-state index contributed by atoms with van der Waals surface area (Å²) in [6.07, 6.45) is 0. The number of halogens is 2. The third-order valence-electron chi connectivity index (χ3n) is 3.14. The summed E-state index contributed by atoms with van der Waals surface area (Å²) in [5.74, 6) is 0.387. The van der Waals surface area contributed by atoms with Gasteiger partial charge in [-0.05, 0) is 30.7 Å². The number of rotatable bonds is 4. The summed E-state index contributed by atoms with van der Waals surface area (Å²) < 4.78 is 6.25. The number of nitrogens with zero attached hydrogens (tertiary/aromatic N) is 1. The summed E-state index contributed by atoms with van der Waals surface area (Å²) in [6.45, 7) is 1.83. The molecule has 23 heavy (non-hydrogen) atoms. The first-order valence-electron chi connectivity index (χ1n) is 6.77. The monoisotopic (exact) mass is 366 g/mol. The number of para-hydroxylation sites is 1. The van der Waals surface area contributed by atoms with Crippen LogP contribution in [0, 0.1) is 6.92 Å². The average molecular weight is 367 g/mol. The largest absolute Gasteiger partial charge is 0.483 e. The van der Waals surface area contributed by atoms with Crippen molar-refractivity contribution in [3.8, 4) is 5.75 Å². The number of carbonyl (C=O) groups is 1. The second-order valence-corrected chi connectivity index (χ2v) is 6.64. The van der Waals surface area contributed by atoms with E-state index >= 15 is 0 Å². The molecule has 0 unspecified atom stereocenters. The van der Waals surface area contributed by atoms with Gasteiger partial charge in [0, 0.05) is 0 Å². The molecule has 0 fully saturated rings. The van der Waals surface area contributed by atoms with Gasteiger partial charge in [-0.1, -0.05) is 52.7 Å². The van der Waals surface area contributed by atoms with Gasteiger partial charge in [0.15, 0.2) is 11.7 Å². The first-order valence-corrected chi connectivity index (χ1v) is 8.34. The number of thiazole rings is 1. The van der Waals surface area contributed by atoms with Crippen LogP contribution in [0.1, 0.15) is 5.56 Å². The first-order chi connectivity index (χ1) is 11.0. The van der Waals surface area contributed by atoms with Crippen LogP contribution in [-0.4, -0.2) is 17.5 Å². The molecule has 4 nitrogen and oxygen atoms in total. The number of hydrogen-bond acceptors (Lipinski definition) is 4. The lowest BCUT2D eigenvalue weighted by Gasteiger charge is -2.07. The third-order valence-corrected chi connectivity index (χ3v) is 4.88. The lowest BCUT2D eigenvalue weighted by Crippen LogP contribution is -2.20. The number of carbonyl (C=O) groups excluding carboxylic acids is 1. The van der Waals surface area contributed by atoms with Crippen molar-refractivity contribution in [2.45, 2.75) is 6.92 Å². The third kappa shape index (κ3) is 3.58. The van der Waals surface area contributed by atoms with E-state index in [9.17, 15) is 4.79 Å². The Kier molecular flexibility index (Phi) is 4.71. The van der Waals surface area contributed by atoms with E-state index in [1.165, 1.54) is 11.3 Å². The van der Waals surface area contributed by atoms with Crippen LogP contribution < -0.4 is 10.1 Å².